The van der Waals surface area contributed by atoms with Crippen LogP contribution in [0.3, 0.4) is 0 Å². The Labute approximate surface area is 232 Å². The van der Waals surface area contributed by atoms with Crippen LogP contribution in [0, 0.1) is 5.92 Å². The molecule has 206 valence electrons. The summed E-state index contributed by atoms with van der Waals surface area (Å²) in [4.78, 5) is 2.47. The topological polar surface area (TPSA) is 99.5 Å². The highest BCUT2D eigenvalue weighted by Gasteiger charge is 2.32. The lowest BCUT2D eigenvalue weighted by molar-refractivity contribution is 0.169. The van der Waals surface area contributed by atoms with Crippen LogP contribution in [0.1, 0.15) is 55.5 Å². The summed E-state index contributed by atoms with van der Waals surface area (Å²) in [6.45, 7) is 9.24. The van der Waals surface area contributed by atoms with E-state index in [1.54, 1.807) is 24.3 Å². The van der Waals surface area contributed by atoms with Gasteiger partial charge in [0.15, 0.2) is 11.1 Å². The van der Waals surface area contributed by atoms with E-state index < -0.39 is 17.2 Å². The standard InChI is InChI=1S/C31H35NO6S/c1-19-13-14-32(16-19)20(2)17-37-25-9-7-22(8-10-25)31-29(23-5-4-6-24(33)15-23)21(3)30-26(18-39(35)36)27(34)11-12-28(30)38-31/h4-12,15,19-20,31,33-34H,13-14,16-18H2,1-3H3,(H,35,36)/t19-,20+,31?/m1/s1. The van der Waals surface area contributed by atoms with Crippen LogP contribution in [0.25, 0.3) is 11.1 Å². The summed E-state index contributed by atoms with van der Waals surface area (Å²) in [7, 11) is 0. The summed E-state index contributed by atoms with van der Waals surface area (Å²) >= 11 is -2.15. The predicted octanol–water partition coefficient (Wildman–Crippen LogP) is 5.99. The molecule has 2 aliphatic heterocycles. The Hall–Kier alpha value is -3.33. The normalized spacial score (nSPS) is 20.8. The fourth-order valence-electron chi connectivity index (χ4n) is 5.62. The molecular formula is C31H35NO6S. The average molecular weight is 550 g/mol. The van der Waals surface area contributed by atoms with Gasteiger partial charge in [0.05, 0.1) is 5.75 Å². The number of ether oxygens (including phenoxy) is 2. The van der Waals surface area contributed by atoms with E-state index in [1.807, 2.05) is 37.3 Å². The van der Waals surface area contributed by atoms with Crippen LogP contribution in [-0.2, 0) is 16.8 Å². The van der Waals surface area contributed by atoms with Crippen molar-refractivity contribution in [2.24, 2.45) is 5.92 Å². The first-order valence-electron chi connectivity index (χ1n) is 13.3. The van der Waals surface area contributed by atoms with Crippen molar-refractivity contribution in [1.82, 2.24) is 4.90 Å². The summed E-state index contributed by atoms with van der Waals surface area (Å²) in [5, 5.41) is 20.8. The predicted molar refractivity (Wildman–Crippen MR) is 153 cm³/mol. The zero-order valence-corrected chi connectivity index (χ0v) is 23.3. The third-order valence-electron chi connectivity index (χ3n) is 7.71. The molecule has 0 aliphatic carbocycles. The Bertz CT molecular complexity index is 1400. The molecule has 39 heavy (non-hydrogen) atoms. The van der Waals surface area contributed by atoms with Gasteiger partial charge in [0.2, 0.25) is 0 Å². The highest BCUT2D eigenvalue weighted by molar-refractivity contribution is 7.78. The van der Waals surface area contributed by atoms with Crippen LogP contribution >= 0.6 is 0 Å². The van der Waals surface area contributed by atoms with Crippen molar-refractivity contribution in [1.29, 1.82) is 0 Å². The number of nitrogens with zero attached hydrogens (tertiary/aromatic N) is 1. The molecule has 2 unspecified atom stereocenters. The molecule has 1 fully saturated rings. The van der Waals surface area contributed by atoms with Crippen molar-refractivity contribution in [2.75, 3.05) is 19.7 Å². The number of benzene rings is 3. The van der Waals surface area contributed by atoms with E-state index in [9.17, 15) is 19.0 Å². The van der Waals surface area contributed by atoms with Crippen LogP contribution < -0.4 is 9.47 Å². The Morgan fingerprint density at radius 3 is 2.56 bits per heavy atom. The van der Waals surface area contributed by atoms with Gasteiger partial charge >= 0.3 is 0 Å². The van der Waals surface area contributed by atoms with Crippen LogP contribution in [0.2, 0.25) is 0 Å². The molecule has 4 atom stereocenters. The minimum Gasteiger partial charge on any atom is -0.508 e. The molecule has 0 spiro atoms. The third-order valence-corrected chi connectivity index (χ3v) is 8.25. The zero-order chi connectivity index (χ0) is 27.7. The van der Waals surface area contributed by atoms with Gasteiger partial charge < -0.3 is 24.2 Å². The Morgan fingerprint density at radius 1 is 1.13 bits per heavy atom. The molecule has 3 N–H and O–H groups in total. The maximum absolute atomic E-state index is 11.7. The van der Waals surface area contributed by atoms with Crippen molar-refractivity contribution in [2.45, 2.75) is 45.1 Å². The second-order valence-electron chi connectivity index (χ2n) is 10.6. The number of fused-ring (bicyclic) bond motifs is 1. The van der Waals surface area contributed by atoms with Gasteiger partial charge in [-0.05, 0) is 85.8 Å². The van der Waals surface area contributed by atoms with Gasteiger partial charge in [-0.25, -0.2) is 4.21 Å². The molecule has 7 nitrogen and oxygen atoms in total. The van der Waals surface area contributed by atoms with E-state index >= 15 is 0 Å². The minimum absolute atomic E-state index is 0.0630. The summed E-state index contributed by atoms with van der Waals surface area (Å²) < 4.78 is 33.9. The molecule has 3 aromatic carbocycles. The average Bonchev–Trinajstić information content (AvgIpc) is 3.35. The van der Waals surface area contributed by atoms with Crippen LogP contribution in [0.5, 0.6) is 23.0 Å². The fourth-order valence-corrected chi connectivity index (χ4v) is 6.16. The highest BCUT2D eigenvalue weighted by Crippen LogP contribution is 2.49. The van der Waals surface area contributed by atoms with E-state index in [0.717, 1.165) is 47.0 Å². The van der Waals surface area contributed by atoms with Crippen LogP contribution in [-0.4, -0.2) is 49.6 Å². The molecular weight excluding hydrogens is 514 g/mol. The fraction of sp³-hybridized carbons (Fsp3) is 0.355. The lowest BCUT2D eigenvalue weighted by Gasteiger charge is -2.32. The third kappa shape index (κ3) is 5.83. The molecule has 2 heterocycles. The molecule has 2 aliphatic rings. The first-order valence-corrected chi connectivity index (χ1v) is 14.5. The van der Waals surface area contributed by atoms with Crippen molar-refractivity contribution < 1.29 is 28.4 Å². The minimum atomic E-state index is -2.15. The number of phenolic OH excluding ortho intramolecular Hbond substituents is 2. The van der Waals surface area contributed by atoms with Crippen molar-refractivity contribution in [3.8, 4) is 23.0 Å². The lowest BCUT2D eigenvalue weighted by Crippen LogP contribution is -2.35. The van der Waals surface area contributed by atoms with Crippen molar-refractivity contribution in [3.05, 3.63) is 82.9 Å². The number of phenols is 2. The smallest absolute Gasteiger partial charge is 0.157 e. The number of rotatable bonds is 8. The van der Waals surface area contributed by atoms with Gasteiger partial charge in [-0.15, -0.1) is 0 Å². The van der Waals surface area contributed by atoms with Crippen molar-refractivity contribution >= 4 is 22.2 Å². The van der Waals surface area contributed by atoms with Gasteiger partial charge in [-0.1, -0.05) is 31.2 Å². The molecule has 8 heteroatoms. The molecule has 5 rings (SSSR count). The molecule has 1 saturated heterocycles. The molecule has 0 amide bonds. The molecule has 3 aromatic rings. The van der Waals surface area contributed by atoms with Crippen LogP contribution in [0.4, 0.5) is 0 Å². The number of allylic oxidation sites excluding steroid dienone is 1. The monoisotopic (exact) mass is 549 g/mol. The first-order chi connectivity index (χ1) is 18.7. The zero-order valence-electron chi connectivity index (χ0n) is 22.5. The van der Waals surface area contributed by atoms with Gasteiger partial charge in [-0.3, -0.25) is 4.90 Å². The van der Waals surface area contributed by atoms with E-state index in [2.05, 4.69) is 18.7 Å². The molecule has 0 radical (unpaired) electrons. The van der Waals surface area contributed by atoms with Crippen molar-refractivity contribution in [3.63, 3.8) is 0 Å². The van der Waals surface area contributed by atoms with Gasteiger partial charge in [-0.2, -0.15) is 0 Å². The van der Waals surface area contributed by atoms with E-state index in [0.29, 0.717) is 29.5 Å². The summed E-state index contributed by atoms with van der Waals surface area (Å²) in [6, 6.07) is 18.3. The lowest BCUT2D eigenvalue weighted by atomic mass is 9.84. The first kappa shape index (κ1) is 27.2. The molecule has 0 bridgehead atoms. The maximum atomic E-state index is 11.7. The highest BCUT2D eigenvalue weighted by atomic mass is 32.2. The summed E-state index contributed by atoms with van der Waals surface area (Å²) in [5.41, 5.74) is 4.21. The molecule has 0 aromatic heterocycles. The SMILES string of the molecule is CC1=C(c2cccc(O)c2)C(c2ccc(OC[C@H](C)N3CC[C@@H](C)C3)cc2)Oc2ccc(O)c(CS(=O)O)c21. The number of likely N-dealkylation sites (tertiary alicyclic amines) is 1. The van der Waals surface area contributed by atoms with Crippen LogP contribution in [0.15, 0.2) is 60.7 Å². The van der Waals surface area contributed by atoms with Gasteiger partial charge in [0.25, 0.3) is 0 Å². The van der Waals surface area contributed by atoms with E-state index in [1.165, 1.54) is 12.5 Å². The van der Waals surface area contributed by atoms with Gasteiger partial charge in [0, 0.05) is 29.3 Å². The maximum Gasteiger partial charge on any atom is 0.157 e. The largest absolute Gasteiger partial charge is 0.508 e. The number of hydrogen-bond donors (Lipinski definition) is 3. The quantitative estimate of drug-likeness (QED) is 0.297. The Kier molecular flexibility index (Phi) is 7.98. The van der Waals surface area contributed by atoms with E-state index in [-0.39, 0.29) is 17.3 Å². The number of aromatic hydroxyl groups is 2. The number of hydrogen-bond acceptors (Lipinski definition) is 6. The Balaban J connectivity index is 1.47. The summed E-state index contributed by atoms with van der Waals surface area (Å²) in [6.07, 6.45) is 0.729. The second kappa shape index (κ2) is 11.4. The van der Waals surface area contributed by atoms with Gasteiger partial charge in [0.1, 0.15) is 35.7 Å². The summed E-state index contributed by atoms with van der Waals surface area (Å²) in [5.74, 6) is 1.87. The Morgan fingerprint density at radius 2 is 1.90 bits per heavy atom. The second-order valence-corrected chi connectivity index (χ2v) is 11.5. The van der Waals surface area contributed by atoms with E-state index in [4.69, 9.17) is 9.47 Å². The molecule has 0 saturated carbocycles.